The number of amides is 1. The fourth-order valence-electron chi connectivity index (χ4n) is 3.05. The fourth-order valence-corrected chi connectivity index (χ4v) is 4.23. The van der Waals surface area contributed by atoms with E-state index < -0.39 is 0 Å². The van der Waals surface area contributed by atoms with Crippen molar-refractivity contribution in [3.8, 4) is 5.75 Å². The monoisotopic (exact) mass is 329 g/mol. The van der Waals surface area contributed by atoms with Crippen molar-refractivity contribution in [1.29, 1.82) is 0 Å². The lowest BCUT2D eigenvalue weighted by molar-refractivity contribution is -0.128. The highest BCUT2D eigenvalue weighted by atomic mass is 32.2. The van der Waals surface area contributed by atoms with Gasteiger partial charge in [-0.15, -0.1) is 11.8 Å². The Morgan fingerprint density at radius 3 is 2.87 bits per heavy atom. The van der Waals surface area contributed by atoms with E-state index in [4.69, 9.17) is 4.74 Å². The Morgan fingerprint density at radius 1 is 1.22 bits per heavy atom. The van der Waals surface area contributed by atoms with E-state index in [1.165, 1.54) is 17.7 Å². The number of halogens is 1. The van der Waals surface area contributed by atoms with Gasteiger partial charge in [-0.25, -0.2) is 4.39 Å². The third kappa shape index (κ3) is 2.81. The first-order chi connectivity index (χ1) is 11.2. The summed E-state index contributed by atoms with van der Waals surface area (Å²) in [4.78, 5) is 14.1. The van der Waals surface area contributed by atoms with Gasteiger partial charge < -0.3 is 9.64 Å². The van der Waals surface area contributed by atoms with Gasteiger partial charge >= 0.3 is 0 Å². The Balaban J connectivity index is 1.59. The topological polar surface area (TPSA) is 29.5 Å². The van der Waals surface area contributed by atoms with Crippen LogP contribution in [-0.2, 0) is 17.8 Å². The average Bonchev–Trinajstić information content (AvgIpc) is 3.16. The van der Waals surface area contributed by atoms with Crippen molar-refractivity contribution in [3.63, 3.8) is 0 Å². The first kappa shape index (κ1) is 14.6. The number of nitrogens with zero attached hydrogens (tertiary/aromatic N) is 1. The Morgan fingerprint density at radius 2 is 2.04 bits per heavy atom. The maximum absolute atomic E-state index is 13.0. The molecule has 0 aliphatic carbocycles. The first-order valence-electron chi connectivity index (χ1n) is 7.62. The molecule has 1 atom stereocenters. The van der Waals surface area contributed by atoms with Crippen molar-refractivity contribution in [3.05, 3.63) is 65.0 Å². The van der Waals surface area contributed by atoms with E-state index in [1.54, 1.807) is 23.9 Å². The molecule has 2 aliphatic heterocycles. The normalized spacial score (nSPS) is 19.8. The fraction of sp³-hybridized carbons (Fsp3) is 0.278. The van der Waals surface area contributed by atoms with Crippen molar-refractivity contribution in [1.82, 2.24) is 4.90 Å². The van der Waals surface area contributed by atoms with Gasteiger partial charge in [-0.1, -0.05) is 18.2 Å². The molecule has 0 radical (unpaired) electrons. The van der Waals surface area contributed by atoms with Gasteiger partial charge in [-0.3, -0.25) is 4.79 Å². The van der Waals surface area contributed by atoms with Crippen LogP contribution in [0.25, 0.3) is 0 Å². The molecule has 4 rings (SSSR count). The molecule has 0 saturated carbocycles. The number of benzene rings is 2. The van der Waals surface area contributed by atoms with Crippen LogP contribution < -0.4 is 4.74 Å². The lowest BCUT2D eigenvalue weighted by Gasteiger charge is -2.24. The lowest BCUT2D eigenvalue weighted by Crippen LogP contribution is -2.27. The largest absolute Gasteiger partial charge is 0.493 e. The molecule has 2 heterocycles. The maximum atomic E-state index is 13.0. The summed E-state index contributed by atoms with van der Waals surface area (Å²) >= 11 is 1.64. The summed E-state index contributed by atoms with van der Waals surface area (Å²) in [5.74, 6) is 1.31. The third-order valence-corrected chi connectivity index (χ3v) is 5.49. The summed E-state index contributed by atoms with van der Waals surface area (Å²) in [6.07, 6.45) is 0.923. The van der Waals surface area contributed by atoms with Crippen LogP contribution in [0.3, 0.4) is 0 Å². The van der Waals surface area contributed by atoms with Crippen molar-refractivity contribution in [2.75, 3.05) is 12.4 Å². The Bertz CT molecular complexity index is 747. The van der Waals surface area contributed by atoms with Gasteiger partial charge in [0.15, 0.2) is 0 Å². The highest BCUT2D eigenvalue weighted by Crippen LogP contribution is 2.41. The molecule has 0 bridgehead atoms. The zero-order valence-corrected chi connectivity index (χ0v) is 13.3. The molecule has 1 fully saturated rings. The molecule has 1 unspecified atom stereocenters. The number of fused-ring (bicyclic) bond motifs is 1. The predicted molar refractivity (Wildman–Crippen MR) is 87.8 cm³/mol. The van der Waals surface area contributed by atoms with Crippen molar-refractivity contribution in [2.24, 2.45) is 0 Å². The SMILES string of the molecule is O=C1CSC(c2ccc3c(c2)CCO3)N1Cc1ccc(F)cc1. The Labute approximate surface area is 138 Å². The number of ether oxygens (including phenoxy) is 1. The maximum Gasteiger partial charge on any atom is 0.234 e. The minimum atomic E-state index is -0.258. The highest BCUT2D eigenvalue weighted by molar-refractivity contribution is 8.00. The van der Waals surface area contributed by atoms with Crippen molar-refractivity contribution < 1.29 is 13.9 Å². The molecule has 2 aromatic rings. The summed E-state index contributed by atoms with van der Waals surface area (Å²) < 4.78 is 18.6. The number of carbonyl (C=O) groups is 1. The zero-order valence-electron chi connectivity index (χ0n) is 12.5. The van der Waals surface area contributed by atoms with Gasteiger partial charge in [-0.05, 0) is 41.0 Å². The molecule has 0 spiro atoms. The molecule has 23 heavy (non-hydrogen) atoms. The Kier molecular flexibility index (Phi) is 3.73. The summed E-state index contributed by atoms with van der Waals surface area (Å²) in [5, 5.41) is 0.0125. The highest BCUT2D eigenvalue weighted by Gasteiger charge is 2.33. The van der Waals surface area contributed by atoms with Crippen LogP contribution in [0.1, 0.15) is 22.1 Å². The minimum Gasteiger partial charge on any atom is -0.493 e. The number of thioether (sulfide) groups is 1. The van der Waals surface area contributed by atoms with Gasteiger partial charge in [0.05, 0.1) is 12.4 Å². The van der Waals surface area contributed by atoms with Crippen molar-refractivity contribution >= 4 is 17.7 Å². The van der Waals surface area contributed by atoms with E-state index in [0.717, 1.165) is 29.9 Å². The molecule has 0 N–H and O–H groups in total. The summed E-state index contributed by atoms with van der Waals surface area (Å²) in [7, 11) is 0. The van der Waals surface area contributed by atoms with E-state index >= 15 is 0 Å². The third-order valence-electron chi connectivity index (χ3n) is 4.23. The van der Waals surface area contributed by atoms with Crippen LogP contribution in [0, 0.1) is 5.82 Å². The number of hydrogen-bond donors (Lipinski definition) is 0. The molecule has 0 aromatic heterocycles. The van der Waals surface area contributed by atoms with Gasteiger partial charge in [-0.2, -0.15) is 0 Å². The second-order valence-electron chi connectivity index (χ2n) is 5.78. The van der Waals surface area contributed by atoms with Crippen LogP contribution in [0.4, 0.5) is 4.39 Å². The minimum absolute atomic E-state index is 0.0125. The second kappa shape index (κ2) is 5.89. The lowest BCUT2D eigenvalue weighted by atomic mass is 10.1. The van der Waals surface area contributed by atoms with Gasteiger partial charge in [0.1, 0.15) is 16.9 Å². The van der Waals surface area contributed by atoms with Crippen LogP contribution in [0.5, 0.6) is 5.75 Å². The van der Waals surface area contributed by atoms with Gasteiger partial charge in [0, 0.05) is 13.0 Å². The van der Waals surface area contributed by atoms with Crippen molar-refractivity contribution in [2.45, 2.75) is 18.3 Å². The molecular formula is C18H16FNO2S. The summed E-state index contributed by atoms with van der Waals surface area (Å²) in [5.41, 5.74) is 3.29. The predicted octanol–water partition coefficient (Wildman–Crippen LogP) is 3.53. The van der Waals surface area contributed by atoms with E-state index in [0.29, 0.717) is 12.3 Å². The first-order valence-corrected chi connectivity index (χ1v) is 8.67. The van der Waals surface area contributed by atoms with E-state index in [2.05, 4.69) is 6.07 Å². The summed E-state index contributed by atoms with van der Waals surface area (Å²) in [6, 6.07) is 12.5. The molecular weight excluding hydrogens is 313 g/mol. The number of hydrogen-bond acceptors (Lipinski definition) is 3. The molecule has 2 aromatic carbocycles. The molecule has 2 aliphatic rings. The Hall–Kier alpha value is -2.01. The quantitative estimate of drug-likeness (QED) is 0.863. The van der Waals surface area contributed by atoms with Crippen LogP contribution in [0.15, 0.2) is 42.5 Å². The zero-order chi connectivity index (χ0) is 15.8. The average molecular weight is 329 g/mol. The molecule has 1 saturated heterocycles. The standard InChI is InChI=1S/C18H16FNO2S/c19-15-4-1-12(2-5-15)10-20-17(21)11-23-18(20)14-3-6-16-13(9-14)7-8-22-16/h1-6,9,18H,7-8,10-11H2. The number of rotatable bonds is 3. The van der Waals surface area contributed by atoms with Gasteiger partial charge in [0.25, 0.3) is 0 Å². The van der Waals surface area contributed by atoms with Crippen LogP contribution >= 0.6 is 11.8 Å². The molecule has 118 valence electrons. The number of carbonyl (C=O) groups excluding carboxylic acids is 1. The van der Waals surface area contributed by atoms with Gasteiger partial charge in [0.2, 0.25) is 5.91 Å². The van der Waals surface area contributed by atoms with E-state index in [-0.39, 0.29) is 17.1 Å². The molecule has 1 amide bonds. The molecule has 5 heteroatoms. The summed E-state index contributed by atoms with van der Waals surface area (Å²) in [6.45, 7) is 1.24. The molecule has 3 nitrogen and oxygen atoms in total. The van der Waals surface area contributed by atoms with E-state index in [1.807, 2.05) is 17.0 Å². The van der Waals surface area contributed by atoms with Crippen LogP contribution in [-0.4, -0.2) is 23.2 Å². The van der Waals surface area contributed by atoms with Crippen LogP contribution in [0.2, 0.25) is 0 Å². The smallest absolute Gasteiger partial charge is 0.234 e. The second-order valence-corrected chi connectivity index (χ2v) is 6.85. The van der Waals surface area contributed by atoms with E-state index in [9.17, 15) is 9.18 Å².